The van der Waals surface area contributed by atoms with E-state index in [4.69, 9.17) is 4.74 Å². The van der Waals surface area contributed by atoms with Crippen molar-refractivity contribution >= 4 is 55.2 Å². The molecule has 0 aromatic heterocycles. The molecule has 0 aliphatic carbocycles. The maximum atomic E-state index is 12.5. The molecule has 3 N–H and O–H groups in total. The summed E-state index contributed by atoms with van der Waals surface area (Å²) in [5.74, 6) is -0.633. The normalized spacial score (nSPS) is 17.5. The molecule has 0 spiro atoms. The van der Waals surface area contributed by atoms with Crippen LogP contribution in [0.4, 0.5) is 0 Å². The number of rotatable bonds is 10. The molecular formula is C34H46Br2N2O5. The first-order valence-electron chi connectivity index (χ1n) is 14.9. The van der Waals surface area contributed by atoms with Crippen LogP contribution in [0.25, 0.3) is 5.57 Å². The summed E-state index contributed by atoms with van der Waals surface area (Å²) in [6.07, 6.45) is 3.03. The number of benzene rings is 2. The number of hydrogen-bond donors (Lipinski definition) is 3. The molecule has 1 aliphatic heterocycles. The van der Waals surface area contributed by atoms with E-state index in [0.717, 1.165) is 55.2 Å². The smallest absolute Gasteiger partial charge is 0.331 e. The quantitative estimate of drug-likeness (QED) is 0.219. The van der Waals surface area contributed by atoms with Gasteiger partial charge in [0.05, 0.1) is 24.1 Å². The first-order chi connectivity index (χ1) is 20.1. The second kappa shape index (κ2) is 15.4. The van der Waals surface area contributed by atoms with Crippen LogP contribution < -0.4 is 10.6 Å². The zero-order valence-corrected chi connectivity index (χ0v) is 30.1. The number of amides is 2. The van der Waals surface area contributed by atoms with Gasteiger partial charge in [-0.3, -0.25) is 9.59 Å². The number of carbonyl (C=O) groups excluding carboxylic acids is 3. The molecule has 2 unspecified atom stereocenters. The van der Waals surface area contributed by atoms with Crippen molar-refractivity contribution in [1.29, 1.82) is 0 Å². The van der Waals surface area contributed by atoms with Gasteiger partial charge in [0.25, 0.3) is 5.91 Å². The molecule has 2 aromatic rings. The van der Waals surface area contributed by atoms with Gasteiger partial charge in [0, 0.05) is 14.5 Å². The van der Waals surface area contributed by atoms with Gasteiger partial charge in [-0.15, -0.1) is 0 Å². The highest BCUT2D eigenvalue weighted by Gasteiger charge is 2.42. The zero-order valence-electron chi connectivity index (χ0n) is 26.9. The average molecular weight is 723 g/mol. The zero-order chi connectivity index (χ0) is 32.7. The maximum Gasteiger partial charge on any atom is 0.331 e. The summed E-state index contributed by atoms with van der Waals surface area (Å²) in [6.45, 7) is 17.6. The second-order valence-corrected chi connectivity index (χ2v) is 13.1. The molecule has 2 amide bonds. The molecule has 7 nitrogen and oxygen atoms in total. The highest BCUT2D eigenvalue weighted by atomic mass is 79.9. The SMILES string of the molecule is CCOC(=O)C(C)(CC)NC(=O)Cc1c(Br)cc(C)cc1CC.CCc1cc(C)cc(Br)c1C1=C(O)C(C)(CC)NC1=O. The van der Waals surface area contributed by atoms with Gasteiger partial charge in [-0.1, -0.05) is 71.7 Å². The Morgan fingerprint density at radius 3 is 2.02 bits per heavy atom. The summed E-state index contributed by atoms with van der Waals surface area (Å²) >= 11 is 7.08. The van der Waals surface area contributed by atoms with Crippen molar-refractivity contribution in [2.45, 2.75) is 105 Å². The predicted octanol–water partition coefficient (Wildman–Crippen LogP) is 7.60. The van der Waals surface area contributed by atoms with Crippen LogP contribution in [-0.4, -0.2) is 40.6 Å². The minimum absolute atomic E-state index is 0.143. The molecule has 0 bridgehead atoms. The molecule has 9 heteroatoms. The summed E-state index contributed by atoms with van der Waals surface area (Å²) in [5, 5.41) is 16.2. The average Bonchev–Trinajstić information content (AvgIpc) is 3.17. The summed E-state index contributed by atoms with van der Waals surface area (Å²) in [7, 11) is 0. The number of aryl methyl sites for hydroxylation is 4. The van der Waals surface area contributed by atoms with Crippen molar-refractivity contribution in [1.82, 2.24) is 10.6 Å². The Balaban J connectivity index is 0.000000303. The van der Waals surface area contributed by atoms with Crippen LogP contribution in [0, 0.1) is 13.8 Å². The number of halogens is 2. The molecule has 0 fully saturated rings. The Bertz CT molecular complexity index is 1400. The number of aliphatic hydroxyl groups excluding tert-OH is 1. The third-order valence-corrected chi connectivity index (χ3v) is 9.36. The topological polar surface area (TPSA) is 105 Å². The Morgan fingerprint density at radius 2 is 1.53 bits per heavy atom. The van der Waals surface area contributed by atoms with E-state index in [1.54, 1.807) is 13.8 Å². The van der Waals surface area contributed by atoms with E-state index >= 15 is 0 Å². The van der Waals surface area contributed by atoms with Crippen molar-refractivity contribution in [3.8, 4) is 0 Å². The van der Waals surface area contributed by atoms with Crippen LogP contribution in [0.5, 0.6) is 0 Å². The molecule has 1 heterocycles. The number of carbonyl (C=O) groups is 3. The van der Waals surface area contributed by atoms with Crippen LogP contribution in [0.15, 0.2) is 39.0 Å². The number of esters is 1. The fourth-order valence-corrected chi connectivity index (χ4v) is 6.63. The van der Waals surface area contributed by atoms with Crippen LogP contribution >= 0.6 is 31.9 Å². The van der Waals surface area contributed by atoms with E-state index in [1.165, 1.54) is 0 Å². The van der Waals surface area contributed by atoms with E-state index in [9.17, 15) is 19.5 Å². The molecule has 1 aliphatic rings. The van der Waals surface area contributed by atoms with Crippen molar-refractivity contribution < 1.29 is 24.2 Å². The fraction of sp³-hybridized carbons (Fsp3) is 0.500. The summed E-state index contributed by atoms with van der Waals surface area (Å²) in [5.41, 5.74) is 5.02. The third kappa shape index (κ3) is 8.50. The van der Waals surface area contributed by atoms with E-state index in [2.05, 4.69) is 61.5 Å². The van der Waals surface area contributed by atoms with Crippen LogP contribution in [-0.2, 0) is 38.4 Å². The standard InChI is InChI=1S/C18H26BrNO3.C16H20BrNO2/c1-6-13-9-12(4)10-15(19)14(13)11-16(21)20-18(5,7-2)17(22)23-8-3;1-5-10-7-9(3)8-11(17)12(10)13-14(19)16(4,6-2)18-15(13)20/h9-10H,6-8,11H2,1-5H3,(H,20,21);7-8,19H,5-6H2,1-4H3,(H,18,20). The predicted molar refractivity (Wildman–Crippen MR) is 180 cm³/mol. The Labute approximate surface area is 273 Å². The monoisotopic (exact) mass is 720 g/mol. The number of aliphatic hydroxyl groups is 1. The van der Waals surface area contributed by atoms with Crippen LogP contribution in [0.1, 0.15) is 94.7 Å². The summed E-state index contributed by atoms with van der Waals surface area (Å²) in [4.78, 5) is 36.8. The number of ether oxygens (including phenoxy) is 1. The Kier molecular flexibility index (Phi) is 13.1. The number of nitrogens with one attached hydrogen (secondary N) is 2. The van der Waals surface area contributed by atoms with Crippen molar-refractivity contribution in [2.75, 3.05) is 6.61 Å². The molecule has 43 heavy (non-hydrogen) atoms. The largest absolute Gasteiger partial charge is 0.509 e. The summed E-state index contributed by atoms with van der Waals surface area (Å²) < 4.78 is 6.85. The molecule has 2 aromatic carbocycles. The van der Waals surface area contributed by atoms with Crippen molar-refractivity contribution in [3.05, 3.63) is 72.4 Å². The van der Waals surface area contributed by atoms with Gasteiger partial charge in [-0.25, -0.2) is 4.79 Å². The minimum Gasteiger partial charge on any atom is -0.509 e. The van der Waals surface area contributed by atoms with Gasteiger partial charge in [0.1, 0.15) is 11.3 Å². The Morgan fingerprint density at radius 1 is 0.977 bits per heavy atom. The van der Waals surface area contributed by atoms with E-state index in [0.29, 0.717) is 25.0 Å². The van der Waals surface area contributed by atoms with Crippen molar-refractivity contribution in [3.63, 3.8) is 0 Å². The molecule has 0 radical (unpaired) electrons. The number of hydrogen-bond acceptors (Lipinski definition) is 5. The lowest BCUT2D eigenvalue weighted by Gasteiger charge is -2.27. The van der Waals surface area contributed by atoms with Gasteiger partial charge in [-0.05, 0) is 100 Å². The van der Waals surface area contributed by atoms with Crippen LogP contribution in [0.3, 0.4) is 0 Å². The molecule has 236 valence electrons. The fourth-order valence-electron chi connectivity index (χ4n) is 5.06. The molecule has 0 saturated heterocycles. The molecule has 2 atom stereocenters. The Hall–Kier alpha value is -2.65. The highest BCUT2D eigenvalue weighted by molar-refractivity contribution is 9.10. The molecule has 0 saturated carbocycles. The lowest BCUT2D eigenvalue weighted by Crippen LogP contribution is -2.53. The lowest BCUT2D eigenvalue weighted by atomic mass is 9.92. The molecular weight excluding hydrogens is 676 g/mol. The first kappa shape index (κ1) is 36.5. The van der Waals surface area contributed by atoms with E-state index in [1.807, 2.05) is 53.7 Å². The van der Waals surface area contributed by atoms with E-state index in [-0.39, 0.29) is 24.0 Å². The maximum absolute atomic E-state index is 12.5. The van der Waals surface area contributed by atoms with Gasteiger partial charge in [0.15, 0.2) is 0 Å². The lowest BCUT2D eigenvalue weighted by molar-refractivity contribution is -0.152. The van der Waals surface area contributed by atoms with Gasteiger partial charge in [-0.2, -0.15) is 0 Å². The second-order valence-electron chi connectivity index (χ2n) is 11.4. The summed E-state index contributed by atoms with van der Waals surface area (Å²) in [6, 6.07) is 8.14. The third-order valence-electron chi connectivity index (χ3n) is 8.03. The minimum atomic E-state index is -0.989. The highest BCUT2D eigenvalue weighted by Crippen LogP contribution is 2.39. The van der Waals surface area contributed by atoms with Gasteiger partial charge in [0.2, 0.25) is 5.91 Å². The van der Waals surface area contributed by atoms with Crippen LogP contribution in [0.2, 0.25) is 0 Å². The van der Waals surface area contributed by atoms with Gasteiger partial charge < -0.3 is 20.5 Å². The van der Waals surface area contributed by atoms with Gasteiger partial charge >= 0.3 is 5.97 Å². The van der Waals surface area contributed by atoms with E-state index < -0.39 is 17.0 Å². The first-order valence-corrected chi connectivity index (χ1v) is 16.5. The molecule has 3 rings (SSSR count). The van der Waals surface area contributed by atoms with Crippen molar-refractivity contribution in [2.24, 2.45) is 0 Å².